The van der Waals surface area contributed by atoms with Gasteiger partial charge in [-0.15, -0.1) is 11.3 Å². The molecule has 0 spiro atoms. The first kappa shape index (κ1) is 23.8. The van der Waals surface area contributed by atoms with Gasteiger partial charge in [-0.3, -0.25) is 9.52 Å². The largest absolute Gasteiger partial charge is 0.465 e. The molecule has 0 atom stereocenters. The molecule has 0 unspecified atom stereocenters. The zero-order chi connectivity index (χ0) is 23.4. The van der Waals surface area contributed by atoms with E-state index in [1.54, 1.807) is 35.2 Å². The summed E-state index contributed by atoms with van der Waals surface area (Å²) in [6.07, 6.45) is 8.10. The third-order valence-corrected chi connectivity index (χ3v) is 9.64. The predicted octanol–water partition coefficient (Wildman–Crippen LogP) is 4.58. The van der Waals surface area contributed by atoms with Crippen molar-refractivity contribution in [2.75, 3.05) is 18.4 Å². The van der Waals surface area contributed by atoms with Crippen LogP contribution >= 0.6 is 11.3 Å². The van der Waals surface area contributed by atoms with Gasteiger partial charge in [0.05, 0.1) is 19.2 Å². The minimum atomic E-state index is -3.99. The van der Waals surface area contributed by atoms with Crippen molar-refractivity contribution in [2.24, 2.45) is 5.92 Å². The first-order valence-electron chi connectivity index (χ1n) is 11.5. The second kappa shape index (κ2) is 10.3. The topological polar surface area (TPSA) is 92.8 Å². The lowest BCUT2D eigenvalue weighted by Gasteiger charge is -2.28. The summed E-state index contributed by atoms with van der Waals surface area (Å²) in [4.78, 5) is 28.0. The number of thiophene rings is 1. The van der Waals surface area contributed by atoms with E-state index in [0.717, 1.165) is 22.6 Å². The van der Waals surface area contributed by atoms with Gasteiger partial charge < -0.3 is 9.64 Å². The van der Waals surface area contributed by atoms with Crippen LogP contribution in [0, 0.1) is 5.92 Å². The number of carbonyl (C=O) groups excluding carboxylic acids is 2. The summed E-state index contributed by atoms with van der Waals surface area (Å²) in [7, 11) is -2.74. The Morgan fingerprint density at radius 1 is 1.15 bits per heavy atom. The molecule has 178 valence electrons. The average molecular weight is 491 g/mol. The van der Waals surface area contributed by atoms with Gasteiger partial charge in [0.15, 0.2) is 4.21 Å². The molecule has 1 aliphatic carbocycles. The number of para-hydroxylation sites is 1. The van der Waals surface area contributed by atoms with E-state index in [-0.39, 0.29) is 15.7 Å². The van der Waals surface area contributed by atoms with Crippen molar-refractivity contribution >= 4 is 38.9 Å². The van der Waals surface area contributed by atoms with Crippen LogP contribution in [0.2, 0.25) is 0 Å². The number of sulfonamides is 1. The molecule has 1 aromatic carbocycles. The van der Waals surface area contributed by atoms with Crippen LogP contribution in [0.15, 0.2) is 34.5 Å². The third kappa shape index (κ3) is 5.41. The normalized spacial score (nSPS) is 16.8. The highest BCUT2D eigenvalue weighted by Gasteiger charge is 2.35. The SMILES string of the molecule is COC(=O)c1c(S(=O)(=O)Nc2ccccc2)sc2c1CCN(C(=O)CCC1CCCCC1)C2. The summed E-state index contributed by atoms with van der Waals surface area (Å²) < 4.78 is 33.7. The van der Waals surface area contributed by atoms with E-state index in [9.17, 15) is 18.0 Å². The number of anilines is 1. The van der Waals surface area contributed by atoms with Crippen LogP contribution in [-0.4, -0.2) is 38.8 Å². The number of nitrogens with zero attached hydrogens (tertiary/aromatic N) is 1. The highest BCUT2D eigenvalue weighted by atomic mass is 32.2. The quantitative estimate of drug-likeness (QED) is 0.574. The third-order valence-electron chi connectivity index (χ3n) is 6.53. The molecule has 0 saturated heterocycles. The van der Waals surface area contributed by atoms with Crippen molar-refractivity contribution in [2.45, 2.75) is 62.1 Å². The summed E-state index contributed by atoms with van der Waals surface area (Å²) in [5.41, 5.74) is 1.19. The van der Waals surface area contributed by atoms with Gasteiger partial charge in [-0.2, -0.15) is 0 Å². The van der Waals surface area contributed by atoms with Crippen molar-refractivity contribution in [3.8, 4) is 0 Å². The minimum Gasteiger partial charge on any atom is -0.465 e. The first-order chi connectivity index (χ1) is 15.9. The maximum absolute atomic E-state index is 13.2. The number of rotatable bonds is 7. The van der Waals surface area contributed by atoms with Crippen LogP contribution in [0.5, 0.6) is 0 Å². The summed E-state index contributed by atoms with van der Waals surface area (Å²) in [6, 6.07) is 8.55. The van der Waals surface area contributed by atoms with Gasteiger partial charge in [0.2, 0.25) is 5.91 Å². The molecule has 1 saturated carbocycles. The molecule has 1 aliphatic heterocycles. The van der Waals surface area contributed by atoms with E-state index in [0.29, 0.717) is 43.1 Å². The number of benzene rings is 1. The fourth-order valence-electron chi connectivity index (χ4n) is 4.76. The molecular weight excluding hydrogens is 460 g/mol. The van der Waals surface area contributed by atoms with Gasteiger partial charge in [0.1, 0.15) is 0 Å². The smallest absolute Gasteiger partial charge is 0.340 e. The maximum Gasteiger partial charge on any atom is 0.340 e. The van der Waals surface area contributed by atoms with Gasteiger partial charge in [-0.05, 0) is 36.5 Å². The number of ether oxygens (including phenoxy) is 1. The fourth-order valence-corrected chi connectivity index (χ4v) is 7.72. The maximum atomic E-state index is 13.2. The molecule has 9 heteroatoms. The van der Waals surface area contributed by atoms with Crippen molar-refractivity contribution < 1.29 is 22.7 Å². The Labute approximate surface area is 199 Å². The van der Waals surface area contributed by atoms with Crippen LogP contribution in [0.3, 0.4) is 0 Å². The molecule has 1 N–H and O–H groups in total. The highest BCUT2D eigenvalue weighted by Crippen LogP contribution is 2.38. The number of nitrogens with one attached hydrogen (secondary N) is 1. The zero-order valence-corrected chi connectivity index (χ0v) is 20.5. The molecule has 2 heterocycles. The molecule has 1 aromatic heterocycles. The number of methoxy groups -OCH3 is 1. The summed E-state index contributed by atoms with van der Waals surface area (Å²) in [5.74, 6) is 0.0700. The lowest BCUT2D eigenvalue weighted by Crippen LogP contribution is -2.35. The van der Waals surface area contributed by atoms with E-state index >= 15 is 0 Å². The fraction of sp³-hybridized carbons (Fsp3) is 0.500. The van der Waals surface area contributed by atoms with E-state index < -0.39 is 16.0 Å². The van der Waals surface area contributed by atoms with Crippen molar-refractivity contribution in [1.29, 1.82) is 0 Å². The Bertz CT molecular complexity index is 1110. The summed E-state index contributed by atoms with van der Waals surface area (Å²) in [5, 5.41) is 0. The summed E-state index contributed by atoms with van der Waals surface area (Å²) >= 11 is 1.05. The van der Waals surface area contributed by atoms with Gasteiger partial charge in [-0.25, -0.2) is 13.2 Å². The van der Waals surface area contributed by atoms with E-state index in [1.807, 2.05) is 0 Å². The molecule has 7 nitrogen and oxygen atoms in total. The first-order valence-corrected chi connectivity index (χ1v) is 13.8. The molecule has 1 amide bonds. The Balaban J connectivity index is 1.54. The summed E-state index contributed by atoms with van der Waals surface area (Å²) in [6.45, 7) is 0.803. The van der Waals surface area contributed by atoms with Crippen molar-refractivity contribution in [1.82, 2.24) is 4.90 Å². The highest BCUT2D eigenvalue weighted by molar-refractivity contribution is 7.94. The van der Waals surface area contributed by atoms with Crippen LogP contribution in [-0.2, 0) is 32.5 Å². The van der Waals surface area contributed by atoms with E-state index in [1.165, 1.54) is 39.2 Å². The Morgan fingerprint density at radius 3 is 2.58 bits per heavy atom. The second-order valence-electron chi connectivity index (χ2n) is 8.74. The molecule has 2 aliphatic rings. The predicted molar refractivity (Wildman–Crippen MR) is 128 cm³/mol. The standard InChI is InChI=1S/C24H30N2O5S2/c1-31-23(28)22-19-14-15-26(21(27)13-12-17-8-4-2-5-9-17)16-20(19)32-24(22)33(29,30)25-18-10-6-3-7-11-18/h3,6-7,10-11,17,25H,2,4-5,8-9,12-16H2,1H3. The van der Waals surface area contributed by atoms with Gasteiger partial charge in [0.25, 0.3) is 10.0 Å². The van der Waals surface area contributed by atoms with Crippen LogP contribution in [0.1, 0.15) is 65.7 Å². The Morgan fingerprint density at radius 2 is 1.88 bits per heavy atom. The number of carbonyl (C=O) groups is 2. The number of esters is 1. The number of hydrogen-bond donors (Lipinski definition) is 1. The van der Waals surface area contributed by atoms with Gasteiger partial charge in [-0.1, -0.05) is 50.3 Å². The Hall–Kier alpha value is -2.39. The van der Waals surface area contributed by atoms with E-state index in [2.05, 4.69) is 4.72 Å². The number of hydrogen-bond acceptors (Lipinski definition) is 6. The molecular formula is C24H30N2O5S2. The number of amides is 1. The molecule has 0 bridgehead atoms. The average Bonchev–Trinajstić information content (AvgIpc) is 3.23. The van der Waals surface area contributed by atoms with Crippen LogP contribution < -0.4 is 4.72 Å². The molecule has 0 radical (unpaired) electrons. The van der Waals surface area contributed by atoms with Gasteiger partial charge in [0, 0.05) is 23.5 Å². The Kier molecular flexibility index (Phi) is 7.38. The van der Waals surface area contributed by atoms with Gasteiger partial charge >= 0.3 is 5.97 Å². The lowest BCUT2D eigenvalue weighted by molar-refractivity contribution is -0.132. The second-order valence-corrected chi connectivity index (χ2v) is 11.7. The molecule has 4 rings (SSSR count). The van der Waals surface area contributed by atoms with Crippen molar-refractivity contribution in [3.05, 3.63) is 46.3 Å². The van der Waals surface area contributed by atoms with Crippen LogP contribution in [0.25, 0.3) is 0 Å². The minimum absolute atomic E-state index is 0.0558. The molecule has 2 aromatic rings. The number of fused-ring (bicyclic) bond motifs is 1. The zero-order valence-electron chi connectivity index (χ0n) is 18.8. The molecule has 33 heavy (non-hydrogen) atoms. The van der Waals surface area contributed by atoms with Crippen molar-refractivity contribution in [3.63, 3.8) is 0 Å². The van der Waals surface area contributed by atoms with E-state index in [4.69, 9.17) is 4.74 Å². The molecule has 1 fully saturated rings. The lowest BCUT2D eigenvalue weighted by atomic mass is 9.86. The monoisotopic (exact) mass is 490 g/mol. The van der Waals surface area contributed by atoms with Crippen LogP contribution in [0.4, 0.5) is 5.69 Å².